The van der Waals surface area contributed by atoms with Crippen LogP contribution in [0.4, 0.5) is 5.69 Å². The van der Waals surface area contributed by atoms with Crippen molar-refractivity contribution in [2.24, 2.45) is 0 Å². The number of carbonyl (C=O) groups is 1. The van der Waals surface area contributed by atoms with Gasteiger partial charge in [0.25, 0.3) is 11.6 Å². The summed E-state index contributed by atoms with van der Waals surface area (Å²) in [5, 5.41) is 10.4. The first-order valence-electron chi connectivity index (χ1n) is 6.00. The summed E-state index contributed by atoms with van der Waals surface area (Å²) in [6.45, 7) is 2.28. The van der Waals surface area contributed by atoms with Crippen LogP contribution >= 0.6 is 11.6 Å². The number of ether oxygens (including phenoxy) is 1. The van der Waals surface area contributed by atoms with Crippen molar-refractivity contribution in [2.45, 2.75) is 12.3 Å². The van der Waals surface area contributed by atoms with Crippen molar-refractivity contribution in [3.05, 3.63) is 39.4 Å². The van der Waals surface area contributed by atoms with Gasteiger partial charge in [0.2, 0.25) is 0 Å². The molecule has 0 aliphatic heterocycles. The van der Waals surface area contributed by atoms with E-state index in [1.54, 1.807) is 14.0 Å². The molecule has 0 fully saturated rings. The van der Waals surface area contributed by atoms with E-state index in [9.17, 15) is 14.9 Å². The molecule has 0 heterocycles. The Morgan fingerprint density at radius 3 is 2.70 bits per heavy atom. The van der Waals surface area contributed by atoms with Gasteiger partial charge in [-0.2, -0.15) is 0 Å². The Morgan fingerprint density at radius 1 is 1.55 bits per heavy atom. The number of rotatable bonds is 6. The van der Waals surface area contributed by atoms with Gasteiger partial charge in [0, 0.05) is 37.9 Å². The summed E-state index contributed by atoms with van der Waals surface area (Å²) < 4.78 is 4.91. The van der Waals surface area contributed by atoms with Gasteiger partial charge < -0.3 is 9.64 Å². The van der Waals surface area contributed by atoms with E-state index in [4.69, 9.17) is 16.3 Å². The maximum atomic E-state index is 12.2. The summed E-state index contributed by atoms with van der Waals surface area (Å²) in [5.74, 6) is -0.232. The van der Waals surface area contributed by atoms with Crippen LogP contribution in [0.5, 0.6) is 0 Å². The molecule has 0 spiro atoms. The van der Waals surface area contributed by atoms with Crippen molar-refractivity contribution in [2.75, 3.05) is 27.3 Å². The summed E-state index contributed by atoms with van der Waals surface area (Å²) in [6, 6.07) is 4.30. The van der Waals surface area contributed by atoms with Crippen molar-refractivity contribution < 1.29 is 14.5 Å². The first-order chi connectivity index (χ1) is 9.36. The van der Waals surface area contributed by atoms with Crippen LogP contribution in [0.1, 0.15) is 15.9 Å². The molecule has 0 aliphatic rings. The molecule has 1 atom stereocenters. The van der Waals surface area contributed by atoms with Crippen LogP contribution in [0.15, 0.2) is 18.2 Å². The van der Waals surface area contributed by atoms with E-state index in [-0.39, 0.29) is 17.0 Å². The lowest BCUT2D eigenvalue weighted by molar-refractivity contribution is -0.385. The van der Waals surface area contributed by atoms with Gasteiger partial charge in [0.05, 0.1) is 16.9 Å². The van der Waals surface area contributed by atoms with Crippen molar-refractivity contribution >= 4 is 23.2 Å². The highest BCUT2D eigenvalue weighted by Gasteiger charge is 2.18. The van der Waals surface area contributed by atoms with Crippen molar-refractivity contribution in [1.82, 2.24) is 4.90 Å². The monoisotopic (exact) mass is 300 g/mol. The first kappa shape index (κ1) is 16.4. The van der Waals surface area contributed by atoms with E-state index in [0.717, 1.165) is 0 Å². The lowest BCUT2D eigenvalue weighted by Crippen LogP contribution is -2.34. The van der Waals surface area contributed by atoms with Crippen LogP contribution < -0.4 is 0 Å². The highest BCUT2D eigenvalue weighted by molar-refractivity contribution is 6.21. The number of nitro groups is 1. The SMILES string of the molecule is COCC(Cl)CN(C)C(=O)c1ccc([N+](=O)[O-])c(C)c1. The van der Waals surface area contributed by atoms with Gasteiger partial charge >= 0.3 is 0 Å². The van der Waals surface area contributed by atoms with E-state index in [0.29, 0.717) is 24.3 Å². The minimum atomic E-state index is -0.472. The predicted molar refractivity (Wildman–Crippen MR) is 76.3 cm³/mol. The Morgan fingerprint density at radius 2 is 2.20 bits per heavy atom. The smallest absolute Gasteiger partial charge is 0.272 e. The number of hydrogen-bond acceptors (Lipinski definition) is 4. The number of hydrogen-bond donors (Lipinski definition) is 0. The third-order valence-corrected chi connectivity index (χ3v) is 3.07. The average Bonchev–Trinajstić information content (AvgIpc) is 2.37. The maximum Gasteiger partial charge on any atom is 0.272 e. The third-order valence-electron chi connectivity index (χ3n) is 2.81. The van der Waals surface area contributed by atoms with E-state index >= 15 is 0 Å². The number of alkyl halides is 1. The molecule has 1 unspecified atom stereocenters. The van der Waals surface area contributed by atoms with Crippen LogP contribution in [0.2, 0.25) is 0 Å². The lowest BCUT2D eigenvalue weighted by atomic mass is 10.1. The number of halogens is 1. The minimum Gasteiger partial charge on any atom is -0.383 e. The molecular weight excluding hydrogens is 284 g/mol. The van der Waals surface area contributed by atoms with Crippen LogP contribution in [-0.2, 0) is 4.74 Å². The largest absolute Gasteiger partial charge is 0.383 e. The molecule has 6 nitrogen and oxygen atoms in total. The Bertz CT molecular complexity index is 507. The Kier molecular flexibility index (Phi) is 5.91. The third kappa shape index (κ3) is 4.18. The number of carbonyl (C=O) groups excluding carboxylic acids is 1. The van der Waals surface area contributed by atoms with Gasteiger partial charge in [0.1, 0.15) is 0 Å². The van der Waals surface area contributed by atoms with Gasteiger partial charge in [-0.15, -0.1) is 11.6 Å². The molecule has 0 saturated heterocycles. The van der Waals surface area contributed by atoms with Crippen LogP contribution in [0, 0.1) is 17.0 Å². The molecule has 0 N–H and O–H groups in total. The molecule has 0 saturated carbocycles. The fraction of sp³-hybridized carbons (Fsp3) is 0.462. The minimum absolute atomic E-state index is 0.00111. The predicted octanol–water partition coefficient (Wildman–Crippen LogP) is 2.23. The van der Waals surface area contributed by atoms with E-state index < -0.39 is 4.92 Å². The zero-order valence-electron chi connectivity index (χ0n) is 11.6. The molecule has 7 heteroatoms. The average molecular weight is 301 g/mol. The summed E-state index contributed by atoms with van der Waals surface area (Å²) in [6.07, 6.45) is 0. The van der Waals surface area contributed by atoms with Gasteiger partial charge in [-0.25, -0.2) is 0 Å². The lowest BCUT2D eigenvalue weighted by Gasteiger charge is -2.20. The second-order valence-corrected chi connectivity index (χ2v) is 5.11. The number of aryl methyl sites for hydroxylation is 1. The number of nitro benzene ring substituents is 1. The topological polar surface area (TPSA) is 72.7 Å². The molecule has 1 rings (SSSR count). The molecule has 0 radical (unpaired) electrons. The maximum absolute atomic E-state index is 12.2. The molecule has 1 aromatic rings. The molecule has 0 aromatic heterocycles. The quantitative estimate of drug-likeness (QED) is 0.459. The first-order valence-corrected chi connectivity index (χ1v) is 6.44. The molecule has 20 heavy (non-hydrogen) atoms. The Balaban J connectivity index is 2.82. The summed E-state index contributed by atoms with van der Waals surface area (Å²) in [7, 11) is 3.17. The van der Waals surface area contributed by atoms with E-state index in [2.05, 4.69) is 0 Å². The normalized spacial score (nSPS) is 12.0. The molecule has 110 valence electrons. The van der Waals surface area contributed by atoms with Gasteiger partial charge in [-0.3, -0.25) is 14.9 Å². The van der Waals surface area contributed by atoms with Crippen LogP contribution in [0.3, 0.4) is 0 Å². The standard InChI is InChI=1S/C13H17ClN2O4/c1-9-6-10(4-5-12(9)16(18)19)13(17)15(2)7-11(14)8-20-3/h4-6,11H,7-8H2,1-3H3. The highest BCUT2D eigenvalue weighted by atomic mass is 35.5. The second kappa shape index (κ2) is 7.21. The van der Waals surface area contributed by atoms with E-state index in [1.807, 2.05) is 0 Å². The van der Waals surface area contributed by atoms with Crippen LogP contribution in [0.25, 0.3) is 0 Å². The van der Waals surface area contributed by atoms with Crippen molar-refractivity contribution in [1.29, 1.82) is 0 Å². The van der Waals surface area contributed by atoms with Crippen molar-refractivity contribution in [3.63, 3.8) is 0 Å². The summed E-state index contributed by atoms with van der Waals surface area (Å²) in [5.41, 5.74) is 0.851. The Hall–Kier alpha value is -1.66. The molecule has 0 aliphatic carbocycles. The highest BCUT2D eigenvalue weighted by Crippen LogP contribution is 2.19. The fourth-order valence-electron chi connectivity index (χ4n) is 1.83. The molecule has 1 amide bonds. The van der Waals surface area contributed by atoms with Crippen molar-refractivity contribution in [3.8, 4) is 0 Å². The number of nitrogens with zero attached hydrogens (tertiary/aromatic N) is 2. The van der Waals surface area contributed by atoms with Gasteiger partial charge in [-0.05, 0) is 19.1 Å². The summed E-state index contributed by atoms with van der Waals surface area (Å²) in [4.78, 5) is 23.9. The van der Waals surface area contributed by atoms with Gasteiger partial charge in [0.15, 0.2) is 0 Å². The molecule has 0 bridgehead atoms. The second-order valence-electron chi connectivity index (χ2n) is 4.50. The number of methoxy groups -OCH3 is 1. The van der Waals surface area contributed by atoms with Gasteiger partial charge in [-0.1, -0.05) is 0 Å². The molecule has 1 aromatic carbocycles. The van der Waals surface area contributed by atoms with Crippen LogP contribution in [-0.4, -0.2) is 48.4 Å². The Labute approximate surface area is 122 Å². The summed E-state index contributed by atoms with van der Waals surface area (Å²) >= 11 is 6.00. The van der Waals surface area contributed by atoms with E-state index in [1.165, 1.54) is 30.2 Å². The fourth-order valence-corrected chi connectivity index (χ4v) is 2.16. The number of amides is 1. The zero-order chi connectivity index (χ0) is 15.3. The number of benzene rings is 1. The molecular formula is C13H17ClN2O4. The zero-order valence-corrected chi connectivity index (χ0v) is 12.4.